The van der Waals surface area contributed by atoms with Crippen LogP contribution in [-0.4, -0.2) is 18.5 Å². The summed E-state index contributed by atoms with van der Waals surface area (Å²) in [6.07, 6.45) is 0. The minimum absolute atomic E-state index is 0.342. The van der Waals surface area contributed by atoms with Gasteiger partial charge in [0.25, 0.3) is 5.91 Å². The molecular weight excluding hydrogens is 358 g/mol. The molecule has 0 saturated heterocycles. The van der Waals surface area contributed by atoms with Crippen LogP contribution in [0, 0.1) is 0 Å². The minimum Gasteiger partial charge on any atom is -0.452 e. The number of benzene rings is 2. The number of hydrogen-bond donors (Lipinski definition) is 1. The third-order valence-electron chi connectivity index (χ3n) is 2.52. The first kappa shape index (κ1) is 15.5. The first-order valence-electron chi connectivity index (χ1n) is 6.03. The molecule has 2 rings (SSSR count). The molecule has 0 fully saturated rings. The van der Waals surface area contributed by atoms with Crippen LogP contribution in [0.3, 0.4) is 0 Å². The normalized spacial score (nSPS) is 10.0. The van der Waals surface area contributed by atoms with Crippen molar-refractivity contribution in [2.24, 2.45) is 0 Å². The number of carbonyl (C=O) groups is 2. The SMILES string of the molecule is O=C(COC(=O)c1ccc(Cl)cc1)Nc1cccc(Br)c1. The summed E-state index contributed by atoms with van der Waals surface area (Å²) in [6, 6.07) is 13.4. The number of anilines is 1. The Bertz CT molecular complexity index is 658. The summed E-state index contributed by atoms with van der Waals surface area (Å²) < 4.78 is 5.77. The van der Waals surface area contributed by atoms with E-state index in [-0.39, 0.29) is 6.61 Å². The molecule has 0 aliphatic rings. The highest BCUT2D eigenvalue weighted by molar-refractivity contribution is 9.10. The molecule has 0 heterocycles. The van der Waals surface area contributed by atoms with Gasteiger partial charge in [-0.1, -0.05) is 33.6 Å². The maximum Gasteiger partial charge on any atom is 0.338 e. The van der Waals surface area contributed by atoms with Crippen LogP contribution in [0.5, 0.6) is 0 Å². The molecule has 0 bridgehead atoms. The molecule has 0 aromatic heterocycles. The van der Waals surface area contributed by atoms with Crippen LogP contribution in [0.4, 0.5) is 5.69 Å². The van der Waals surface area contributed by atoms with E-state index in [1.807, 2.05) is 6.07 Å². The van der Waals surface area contributed by atoms with Crippen molar-refractivity contribution in [1.29, 1.82) is 0 Å². The van der Waals surface area contributed by atoms with E-state index >= 15 is 0 Å². The molecule has 0 spiro atoms. The molecule has 0 radical (unpaired) electrons. The summed E-state index contributed by atoms with van der Waals surface area (Å²) in [5.74, 6) is -0.980. The maximum atomic E-state index is 11.7. The Balaban J connectivity index is 1.86. The van der Waals surface area contributed by atoms with Crippen molar-refractivity contribution < 1.29 is 14.3 Å². The number of carbonyl (C=O) groups excluding carboxylic acids is 2. The molecule has 0 aliphatic heterocycles. The summed E-state index contributed by atoms with van der Waals surface area (Å²) in [5.41, 5.74) is 0.964. The van der Waals surface area contributed by atoms with Gasteiger partial charge in [0.1, 0.15) is 0 Å². The average Bonchev–Trinajstić information content (AvgIpc) is 2.45. The molecule has 0 atom stereocenters. The molecule has 0 saturated carbocycles. The third kappa shape index (κ3) is 4.88. The lowest BCUT2D eigenvalue weighted by molar-refractivity contribution is -0.119. The van der Waals surface area contributed by atoms with Crippen LogP contribution >= 0.6 is 27.5 Å². The van der Waals surface area contributed by atoms with Crippen molar-refractivity contribution in [1.82, 2.24) is 0 Å². The molecule has 21 heavy (non-hydrogen) atoms. The van der Waals surface area contributed by atoms with Gasteiger partial charge in [0.05, 0.1) is 5.56 Å². The molecule has 2 aromatic rings. The highest BCUT2D eigenvalue weighted by atomic mass is 79.9. The fraction of sp³-hybridized carbons (Fsp3) is 0.0667. The van der Waals surface area contributed by atoms with Crippen molar-refractivity contribution in [2.45, 2.75) is 0 Å². The van der Waals surface area contributed by atoms with Gasteiger partial charge in [-0.25, -0.2) is 4.79 Å². The summed E-state index contributed by atoms with van der Waals surface area (Å²) in [5, 5.41) is 3.16. The van der Waals surface area contributed by atoms with Crippen LogP contribution < -0.4 is 5.32 Å². The van der Waals surface area contributed by atoms with Gasteiger partial charge in [0.15, 0.2) is 6.61 Å². The van der Waals surface area contributed by atoms with E-state index in [2.05, 4.69) is 21.2 Å². The van der Waals surface area contributed by atoms with E-state index in [0.29, 0.717) is 16.3 Å². The van der Waals surface area contributed by atoms with Crippen molar-refractivity contribution in [3.05, 3.63) is 63.6 Å². The van der Waals surface area contributed by atoms with Crippen molar-refractivity contribution in [3.63, 3.8) is 0 Å². The third-order valence-corrected chi connectivity index (χ3v) is 3.27. The van der Waals surface area contributed by atoms with Gasteiger partial charge in [-0.3, -0.25) is 4.79 Å². The van der Waals surface area contributed by atoms with E-state index in [1.165, 1.54) is 12.1 Å². The number of rotatable bonds is 4. The van der Waals surface area contributed by atoms with Crippen LogP contribution in [0.1, 0.15) is 10.4 Å². The van der Waals surface area contributed by atoms with E-state index in [4.69, 9.17) is 16.3 Å². The van der Waals surface area contributed by atoms with E-state index in [9.17, 15) is 9.59 Å². The zero-order chi connectivity index (χ0) is 15.2. The minimum atomic E-state index is -0.573. The Hall–Kier alpha value is -1.85. The molecule has 1 N–H and O–H groups in total. The van der Waals surface area contributed by atoms with Gasteiger partial charge in [-0.15, -0.1) is 0 Å². The van der Waals surface area contributed by atoms with Gasteiger partial charge in [0.2, 0.25) is 0 Å². The van der Waals surface area contributed by atoms with Gasteiger partial charge in [0, 0.05) is 15.2 Å². The number of esters is 1. The Morgan fingerprint density at radius 2 is 1.86 bits per heavy atom. The van der Waals surface area contributed by atoms with Crippen LogP contribution in [0.15, 0.2) is 53.0 Å². The topological polar surface area (TPSA) is 55.4 Å². The molecule has 0 unspecified atom stereocenters. The molecular formula is C15H11BrClNO3. The van der Waals surface area contributed by atoms with Crippen LogP contribution in [-0.2, 0) is 9.53 Å². The summed E-state index contributed by atoms with van der Waals surface area (Å²) >= 11 is 9.03. The predicted octanol–water partition coefficient (Wildman–Crippen LogP) is 3.90. The number of ether oxygens (including phenoxy) is 1. The number of nitrogens with one attached hydrogen (secondary N) is 1. The zero-order valence-electron chi connectivity index (χ0n) is 10.8. The van der Waals surface area contributed by atoms with E-state index in [1.54, 1.807) is 30.3 Å². The molecule has 0 aliphatic carbocycles. The molecule has 2 aromatic carbocycles. The average molecular weight is 369 g/mol. The van der Waals surface area contributed by atoms with E-state index < -0.39 is 11.9 Å². The standard InChI is InChI=1S/C15H11BrClNO3/c16-11-2-1-3-13(8-11)18-14(19)9-21-15(20)10-4-6-12(17)7-5-10/h1-8H,9H2,(H,18,19). The Labute approximate surface area is 135 Å². The smallest absolute Gasteiger partial charge is 0.338 e. The maximum absolute atomic E-state index is 11.7. The highest BCUT2D eigenvalue weighted by Gasteiger charge is 2.10. The monoisotopic (exact) mass is 367 g/mol. The zero-order valence-corrected chi connectivity index (χ0v) is 13.1. The first-order chi connectivity index (χ1) is 10.0. The van der Waals surface area contributed by atoms with Gasteiger partial charge < -0.3 is 10.1 Å². The van der Waals surface area contributed by atoms with Gasteiger partial charge >= 0.3 is 5.97 Å². The predicted molar refractivity (Wildman–Crippen MR) is 84.5 cm³/mol. The number of hydrogen-bond acceptors (Lipinski definition) is 3. The summed E-state index contributed by atoms with van der Waals surface area (Å²) in [6.45, 7) is -0.353. The van der Waals surface area contributed by atoms with Crippen molar-refractivity contribution in [3.8, 4) is 0 Å². The highest BCUT2D eigenvalue weighted by Crippen LogP contribution is 2.15. The fourth-order valence-corrected chi connectivity index (χ4v) is 2.09. The lowest BCUT2D eigenvalue weighted by atomic mass is 10.2. The van der Waals surface area contributed by atoms with Crippen molar-refractivity contribution >= 4 is 45.1 Å². The van der Waals surface area contributed by atoms with E-state index in [0.717, 1.165) is 4.47 Å². The fourth-order valence-electron chi connectivity index (χ4n) is 1.56. The molecule has 1 amide bonds. The second-order valence-corrected chi connectivity index (χ2v) is 5.49. The molecule has 108 valence electrons. The quantitative estimate of drug-likeness (QED) is 0.833. The van der Waals surface area contributed by atoms with Crippen LogP contribution in [0.2, 0.25) is 5.02 Å². The van der Waals surface area contributed by atoms with Crippen molar-refractivity contribution in [2.75, 3.05) is 11.9 Å². The lowest BCUT2D eigenvalue weighted by Gasteiger charge is -2.07. The van der Waals surface area contributed by atoms with Gasteiger partial charge in [-0.2, -0.15) is 0 Å². The van der Waals surface area contributed by atoms with Gasteiger partial charge in [-0.05, 0) is 42.5 Å². The summed E-state index contributed by atoms with van der Waals surface area (Å²) in [7, 11) is 0. The largest absolute Gasteiger partial charge is 0.452 e. The lowest BCUT2D eigenvalue weighted by Crippen LogP contribution is -2.20. The Kier molecular flexibility index (Phi) is 5.36. The summed E-state index contributed by atoms with van der Waals surface area (Å²) in [4.78, 5) is 23.4. The second-order valence-electron chi connectivity index (χ2n) is 4.14. The molecule has 4 nitrogen and oxygen atoms in total. The Morgan fingerprint density at radius 1 is 1.14 bits per heavy atom. The van der Waals surface area contributed by atoms with Crippen LogP contribution in [0.25, 0.3) is 0 Å². The number of halogens is 2. The first-order valence-corrected chi connectivity index (χ1v) is 7.20. The number of amides is 1. The molecule has 6 heteroatoms. The second kappa shape index (κ2) is 7.24. The Morgan fingerprint density at radius 3 is 2.52 bits per heavy atom.